The third kappa shape index (κ3) is 5.59. The summed E-state index contributed by atoms with van der Waals surface area (Å²) in [5.74, 6) is -0.199. The number of hydrogen-bond donors (Lipinski definition) is 1. The fourth-order valence-electron chi connectivity index (χ4n) is 2.59. The van der Waals surface area contributed by atoms with Gasteiger partial charge in [0.15, 0.2) is 0 Å². The topological polar surface area (TPSA) is 58.6 Å². The smallest absolute Gasteiger partial charge is 0.309 e. The average Bonchev–Trinajstić information content (AvgIpc) is 2.38. The van der Waals surface area contributed by atoms with Gasteiger partial charge in [-0.25, -0.2) is 0 Å². The molecule has 0 aromatic carbocycles. The number of hydrogen-bond acceptors (Lipinski definition) is 4. The summed E-state index contributed by atoms with van der Waals surface area (Å²) >= 11 is 0. The lowest BCUT2D eigenvalue weighted by Gasteiger charge is -2.31. The standard InChI is InChI=1S/C14H26N2O3/c1-4-6-11(2)15-13(17)10-16-8-5-7-12(9-16)14(18)19-3/h11-12H,4-10H2,1-3H3,(H,15,17). The highest BCUT2D eigenvalue weighted by Gasteiger charge is 2.27. The van der Waals surface area contributed by atoms with Gasteiger partial charge in [-0.1, -0.05) is 13.3 Å². The molecule has 0 saturated carbocycles. The van der Waals surface area contributed by atoms with Crippen molar-refractivity contribution in [3.05, 3.63) is 0 Å². The molecular formula is C14H26N2O3. The van der Waals surface area contributed by atoms with E-state index < -0.39 is 0 Å². The maximum Gasteiger partial charge on any atom is 0.309 e. The number of carbonyl (C=O) groups is 2. The molecule has 0 bridgehead atoms. The van der Waals surface area contributed by atoms with Gasteiger partial charge in [-0.05, 0) is 32.7 Å². The zero-order chi connectivity index (χ0) is 14.3. The van der Waals surface area contributed by atoms with Crippen LogP contribution in [0.15, 0.2) is 0 Å². The van der Waals surface area contributed by atoms with Crippen molar-refractivity contribution in [2.24, 2.45) is 5.92 Å². The Kier molecular flexibility index (Phi) is 6.84. The van der Waals surface area contributed by atoms with Crippen LogP contribution in [-0.2, 0) is 14.3 Å². The molecule has 0 radical (unpaired) electrons. The number of ether oxygens (including phenoxy) is 1. The van der Waals surface area contributed by atoms with E-state index in [2.05, 4.69) is 12.2 Å². The second kappa shape index (κ2) is 8.15. The van der Waals surface area contributed by atoms with E-state index in [1.807, 2.05) is 11.8 Å². The van der Waals surface area contributed by atoms with E-state index in [4.69, 9.17) is 4.74 Å². The molecule has 0 aromatic rings. The number of nitrogens with zero attached hydrogens (tertiary/aromatic N) is 1. The minimum Gasteiger partial charge on any atom is -0.469 e. The molecule has 2 unspecified atom stereocenters. The van der Waals surface area contributed by atoms with Crippen LogP contribution in [0, 0.1) is 5.92 Å². The molecule has 5 nitrogen and oxygen atoms in total. The van der Waals surface area contributed by atoms with Crippen LogP contribution in [0.4, 0.5) is 0 Å². The minimum atomic E-state index is -0.163. The third-order valence-electron chi connectivity index (χ3n) is 3.54. The van der Waals surface area contributed by atoms with Crippen molar-refractivity contribution >= 4 is 11.9 Å². The quantitative estimate of drug-likeness (QED) is 0.736. The van der Waals surface area contributed by atoms with Crippen LogP contribution in [0.1, 0.15) is 39.5 Å². The summed E-state index contributed by atoms with van der Waals surface area (Å²) in [6, 6.07) is 0.221. The predicted molar refractivity (Wildman–Crippen MR) is 73.7 cm³/mol. The first-order valence-electron chi connectivity index (χ1n) is 7.16. The van der Waals surface area contributed by atoms with Gasteiger partial charge in [0.1, 0.15) is 0 Å². The number of carbonyl (C=O) groups excluding carboxylic acids is 2. The van der Waals surface area contributed by atoms with Gasteiger partial charge in [-0.2, -0.15) is 0 Å². The van der Waals surface area contributed by atoms with Crippen LogP contribution in [-0.4, -0.2) is 49.6 Å². The summed E-state index contributed by atoms with van der Waals surface area (Å²) in [6.07, 6.45) is 3.86. The van der Waals surface area contributed by atoms with Gasteiger partial charge in [0.05, 0.1) is 19.6 Å². The van der Waals surface area contributed by atoms with E-state index in [0.29, 0.717) is 13.1 Å². The van der Waals surface area contributed by atoms with Gasteiger partial charge in [-0.15, -0.1) is 0 Å². The molecule has 1 aliphatic heterocycles. The van der Waals surface area contributed by atoms with Crippen LogP contribution in [0.5, 0.6) is 0 Å². The molecule has 0 aromatic heterocycles. The second-order valence-electron chi connectivity index (χ2n) is 5.35. The molecule has 1 heterocycles. The minimum absolute atomic E-state index is 0.0477. The van der Waals surface area contributed by atoms with Crippen LogP contribution in [0.2, 0.25) is 0 Å². The zero-order valence-electron chi connectivity index (χ0n) is 12.3. The van der Waals surface area contributed by atoms with Crippen molar-refractivity contribution in [3.8, 4) is 0 Å². The van der Waals surface area contributed by atoms with Crippen molar-refractivity contribution in [1.29, 1.82) is 0 Å². The van der Waals surface area contributed by atoms with E-state index in [1.165, 1.54) is 7.11 Å². The van der Waals surface area contributed by atoms with Crippen LogP contribution in [0.25, 0.3) is 0 Å². The Hall–Kier alpha value is -1.10. The van der Waals surface area contributed by atoms with Crippen molar-refractivity contribution in [1.82, 2.24) is 10.2 Å². The number of rotatable bonds is 6. The number of likely N-dealkylation sites (tertiary alicyclic amines) is 1. The van der Waals surface area contributed by atoms with Gasteiger partial charge in [-0.3, -0.25) is 14.5 Å². The Bertz CT molecular complexity index is 307. The van der Waals surface area contributed by atoms with Gasteiger partial charge in [0.2, 0.25) is 5.91 Å². The number of piperidine rings is 1. The van der Waals surface area contributed by atoms with Crippen molar-refractivity contribution in [2.75, 3.05) is 26.7 Å². The second-order valence-corrected chi connectivity index (χ2v) is 5.35. The molecule has 19 heavy (non-hydrogen) atoms. The number of methoxy groups -OCH3 is 1. The number of esters is 1. The number of amides is 1. The van der Waals surface area contributed by atoms with Crippen molar-refractivity contribution < 1.29 is 14.3 Å². The maximum absolute atomic E-state index is 11.9. The highest BCUT2D eigenvalue weighted by molar-refractivity contribution is 5.78. The van der Waals surface area contributed by atoms with E-state index >= 15 is 0 Å². The van der Waals surface area contributed by atoms with Crippen LogP contribution in [0.3, 0.4) is 0 Å². The molecular weight excluding hydrogens is 244 g/mol. The van der Waals surface area contributed by atoms with Crippen molar-refractivity contribution in [2.45, 2.75) is 45.6 Å². The van der Waals surface area contributed by atoms with Gasteiger partial charge in [0, 0.05) is 12.6 Å². The fourth-order valence-corrected chi connectivity index (χ4v) is 2.59. The molecule has 1 rings (SSSR count). The van der Waals surface area contributed by atoms with E-state index in [0.717, 1.165) is 32.2 Å². The third-order valence-corrected chi connectivity index (χ3v) is 3.54. The first-order chi connectivity index (χ1) is 9.06. The Balaban J connectivity index is 2.35. The molecule has 2 atom stereocenters. The molecule has 1 saturated heterocycles. The molecule has 5 heteroatoms. The van der Waals surface area contributed by atoms with Gasteiger partial charge < -0.3 is 10.1 Å². The monoisotopic (exact) mass is 270 g/mol. The lowest BCUT2D eigenvalue weighted by Crippen LogP contribution is -2.46. The average molecular weight is 270 g/mol. The lowest BCUT2D eigenvalue weighted by molar-refractivity contribution is -0.147. The Labute approximate surface area is 115 Å². The Morgan fingerprint density at radius 3 is 2.84 bits per heavy atom. The first kappa shape index (κ1) is 16.0. The Morgan fingerprint density at radius 2 is 2.21 bits per heavy atom. The maximum atomic E-state index is 11.9. The summed E-state index contributed by atoms with van der Waals surface area (Å²) in [4.78, 5) is 25.4. The fraction of sp³-hybridized carbons (Fsp3) is 0.857. The summed E-state index contributed by atoms with van der Waals surface area (Å²) in [6.45, 7) is 6.01. The summed E-state index contributed by atoms with van der Waals surface area (Å²) in [5.41, 5.74) is 0. The normalized spacial score (nSPS) is 21.7. The molecule has 1 N–H and O–H groups in total. The lowest BCUT2D eigenvalue weighted by atomic mass is 9.98. The molecule has 0 spiro atoms. The molecule has 1 fully saturated rings. The molecule has 0 aliphatic carbocycles. The molecule has 110 valence electrons. The molecule has 1 aliphatic rings. The van der Waals surface area contributed by atoms with E-state index in [1.54, 1.807) is 0 Å². The predicted octanol–water partition coefficient (Wildman–Crippen LogP) is 1.18. The van der Waals surface area contributed by atoms with Crippen LogP contribution >= 0.6 is 0 Å². The molecule has 1 amide bonds. The highest BCUT2D eigenvalue weighted by atomic mass is 16.5. The van der Waals surface area contributed by atoms with Gasteiger partial charge in [0.25, 0.3) is 0 Å². The van der Waals surface area contributed by atoms with E-state index in [9.17, 15) is 9.59 Å². The Morgan fingerprint density at radius 1 is 1.47 bits per heavy atom. The van der Waals surface area contributed by atoms with Gasteiger partial charge >= 0.3 is 5.97 Å². The summed E-state index contributed by atoms with van der Waals surface area (Å²) in [5, 5.41) is 2.99. The largest absolute Gasteiger partial charge is 0.469 e. The first-order valence-corrected chi connectivity index (χ1v) is 7.16. The van der Waals surface area contributed by atoms with E-state index in [-0.39, 0.29) is 23.8 Å². The summed E-state index contributed by atoms with van der Waals surface area (Å²) < 4.78 is 4.77. The zero-order valence-corrected chi connectivity index (χ0v) is 12.3. The summed E-state index contributed by atoms with van der Waals surface area (Å²) in [7, 11) is 1.42. The van der Waals surface area contributed by atoms with Crippen molar-refractivity contribution in [3.63, 3.8) is 0 Å². The highest BCUT2D eigenvalue weighted by Crippen LogP contribution is 2.17. The van der Waals surface area contributed by atoms with Crippen LogP contribution < -0.4 is 5.32 Å². The number of nitrogens with one attached hydrogen (secondary N) is 1. The SMILES string of the molecule is CCCC(C)NC(=O)CN1CCCC(C(=O)OC)C1.